The van der Waals surface area contributed by atoms with Crippen LogP contribution in [0.4, 0.5) is 5.69 Å². The van der Waals surface area contributed by atoms with Crippen LogP contribution in [0.15, 0.2) is 30.6 Å². The van der Waals surface area contributed by atoms with Crippen LogP contribution in [-0.2, 0) is 17.8 Å². The second-order valence-electron chi connectivity index (χ2n) is 8.92. The number of rotatable bonds is 12. The molecule has 0 radical (unpaired) electrons. The molecule has 1 amide bonds. The average Bonchev–Trinajstić information content (AvgIpc) is 2.78. The molecule has 1 aromatic carbocycles. The Morgan fingerprint density at radius 3 is 2.52 bits per heavy atom. The van der Waals surface area contributed by atoms with Crippen LogP contribution in [0.5, 0.6) is 0 Å². The van der Waals surface area contributed by atoms with Gasteiger partial charge < -0.3 is 10.2 Å². The molecule has 1 aliphatic rings. The van der Waals surface area contributed by atoms with Crippen LogP contribution in [0.1, 0.15) is 81.4 Å². The molecule has 168 valence electrons. The van der Waals surface area contributed by atoms with Crippen molar-refractivity contribution in [3.05, 3.63) is 47.3 Å². The first-order chi connectivity index (χ1) is 15.1. The number of amides is 1. The normalized spacial score (nSPS) is 13.5. The van der Waals surface area contributed by atoms with Crippen LogP contribution >= 0.6 is 0 Å². The van der Waals surface area contributed by atoms with Crippen molar-refractivity contribution in [3.63, 3.8) is 0 Å². The van der Waals surface area contributed by atoms with E-state index in [9.17, 15) is 4.79 Å². The summed E-state index contributed by atoms with van der Waals surface area (Å²) in [5.74, 6) is 0.197. The zero-order chi connectivity index (χ0) is 22.1. The maximum atomic E-state index is 12.0. The summed E-state index contributed by atoms with van der Waals surface area (Å²) in [6.45, 7) is 6.40. The third-order valence-corrected chi connectivity index (χ3v) is 6.58. The lowest BCUT2D eigenvalue weighted by atomic mass is 9.94. The van der Waals surface area contributed by atoms with E-state index in [2.05, 4.69) is 42.3 Å². The number of aryl methyl sites for hydroxylation is 1. The molecule has 0 aliphatic carbocycles. The molecule has 3 rings (SSSR count). The number of hydrogen-bond donors (Lipinski definition) is 1. The number of carbonyl (C=O) groups excluding carboxylic acids is 1. The van der Waals surface area contributed by atoms with Crippen LogP contribution < -0.4 is 10.2 Å². The predicted octanol–water partition coefficient (Wildman–Crippen LogP) is 6.20. The molecule has 31 heavy (non-hydrogen) atoms. The Morgan fingerprint density at radius 2 is 1.74 bits per heavy atom. The van der Waals surface area contributed by atoms with Crippen molar-refractivity contribution in [3.8, 4) is 11.1 Å². The molecular formula is C27H39N3O. The van der Waals surface area contributed by atoms with E-state index in [0.717, 1.165) is 25.2 Å². The van der Waals surface area contributed by atoms with Crippen LogP contribution in [0, 0.1) is 6.92 Å². The fraction of sp³-hybridized carbons (Fsp3) is 0.556. The summed E-state index contributed by atoms with van der Waals surface area (Å²) in [5.41, 5.74) is 7.22. The van der Waals surface area contributed by atoms with E-state index in [0.29, 0.717) is 6.42 Å². The topological polar surface area (TPSA) is 45.2 Å². The molecule has 1 aromatic heterocycles. The van der Waals surface area contributed by atoms with Crippen molar-refractivity contribution >= 4 is 11.6 Å². The van der Waals surface area contributed by atoms with Crippen LogP contribution in [0.2, 0.25) is 0 Å². The second-order valence-corrected chi connectivity index (χ2v) is 8.92. The van der Waals surface area contributed by atoms with Gasteiger partial charge in [0.15, 0.2) is 0 Å². The minimum absolute atomic E-state index is 0.197. The van der Waals surface area contributed by atoms with E-state index in [1.165, 1.54) is 79.2 Å². The van der Waals surface area contributed by atoms with Crippen molar-refractivity contribution in [1.82, 2.24) is 10.3 Å². The fourth-order valence-corrected chi connectivity index (χ4v) is 4.47. The van der Waals surface area contributed by atoms with Crippen molar-refractivity contribution in [2.75, 3.05) is 18.5 Å². The molecule has 0 bridgehead atoms. The van der Waals surface area contributed by atoms with E-state index < -0.39 is 0 Å². The van der Waals surface area contributed by atoms with Gasteiger partial charge in [-0.25, -0.2) is 0 Å². The molecule has 4 heteroatoms. The van der Waals surface area contributed by atoms with E-state index >= 15 is 0 Å². The quantitative estimate of drug-likeness (QED) is 0.415. The molecule has 0 saturated heterocycles. The van der Waals surface area contributed by atoms with Gasteiger partial charge in [-0.3, -0.25) is 9.78 Å². The molecule has 0 fully saturated rings. The van der Waals surface area contributed by atoms with E-state index in [-0.39, 0.29) is 5.91 Å². The monoisotopic (exact) mass is 421 g/mol. The molecular weight excluding hydrogens is 382 g/mol. The summed E-state index contributed by atoms with van der Waals surface area (Å²) in [7, 11) is 1.87. The van der Waals surface area contributed by atoms with Gasteiger partial charge in [0, 0.05) is 43.7 Å². The van der Waals surface area contributed by atoms with Gasteiger partial charge in [-0.2, -0.15) is 0 Å². The number of unbranched alkanes of at least 4 members (excludes halogenated alkanes) is 7. The maximum absolute atomic E-state index is 12.0. The number of aromatic nitrogens is 1. The zero-order valence-electron chi connectivity index (χ0n) is 19.7. The number of hydrogen-bond acceptors (Lipinski definition) is 3. The van der Waals surface area contributed by atoms with Gasteiger partial charge in [-0.1, -0.05) is 57.9 Å². The Kier molecular flexibility index (Phi) is 9.08. The number of pyridine rings is 1. The number of nitrogens with one attached hydrogen (secondary N) is 1. The average molecular weight is 422 g/mol. The summed E-state index contributed by atoms with van der Waals surface area (Å²) in [6.07, 6.45) is 16.2. The number of nitrogens with zero attached hydrogens (tertiary/aromatic N) is 2. The standard InChI is InChI=1S/C27H39N3O/c1-4-5-6-7-8-9-10-11-16-28-18-24-19-29-20-25(21(24)2)22-12-14-26-23(17-22)13-15-27(31)30(26)3/h12,14,17,19-20,28H,4-11,13,15-16,18H2,1-3H3. The van der Waals surface area contributed by atoms with E-state index in [1.54, 1.807) is 4.90 Å². The minimum atomic E-state index is 0.197. The van der Waals surface area contributed by atoms with Gasteiger partial charge in [0.05, 0.1) is 0 Å². The first-order valence-electron chi connectivity index (χ1n) is 12.2. The minimum Gasteiger partial charge on any atom is -0.315 e. The molecule has 1 aliphatic heterocycles. The van der Waals surface area contributed by atoms with Crippen molar-refractivity contribution < 1.29 is 4.79 Å². The van der Waals surface area contributed by atoms with Gasteiger partial charge in [0.25, 0.3) is 0 Å². The Morgan fingerprint density at radius 1 is 1.00 bits per heavy atom. The molecule has 0 unspecified atom stereocenters. The Hall–Kier alpha value is -2.20. The first kappa shape index (κ1) is 23.5. The number of anilines is 1. The Balaban J connectivity index is 1.51. The van der Waals surface area contributed by atoms with Crippen LogP contribution in [0.3, 0.4) is 0 Å². The Bertz CT molecular complexity index is 862. The van der Waals surface area contributed by atoms with Gasteiger partial charge in [-0.05, 0) is 60.7 Å². The van der Waals surface area contributed by atoms with E-state index in [1.807, 2.05) is 19.4 Å². The summed E-state index contributed by atoms with van der Waals surface area (Å²) < 4.78 is 0. The highest BCUT2D eigenvalue weighted by atomic mass is 16.2. The van der Waals surface area contributed by atoms with Crippen LogP contribution in [0.25, 0.3) is 11.1 Å². The predicted molar refractivity (Wildman–Crippen MR) is 130 cm³/mol. The maximum Gasteiger partial charge on any atom is 0.227 e. The molecule has 2 heterocycles. The number of benzene rings is 1. The SMILES string of the molecule is CCCCCCCCCCNCc1cncc(-c2ccc3c(c2)CCC(=O)N3C)c1C. The lowest BCUT2D eigenvalue weighted by Crippen LogP contribution is -2.30. The lowest BCUT2D eigenvalue weighted by molar-refractivity contribution is -0.118. The third kappa shape index (κ3) is 6.39. The summed E-state index contributed by atoms with van der Waals surface area (Å²) >= 11 is 0. The lowest BCUT2D eigenvalue weighted by Gasteiger charge is -2.26. The highest BCUT2D eigenvalue weighted by Crippen LogP contribution is 2.33. The molecule has 0 spiro atoms. The number of carbonyl (C=O) groups is 1. The summed E-state index contributed by atoms with van der Waals surface area (Å²) in [4.78, 5) is 18.3. The van der Waals surface area contributed by atoms with Gasteiger partial charge >= 0.3 is 0 Å². The smallest absolute Gasteiger partial charge is 0.227 e. The van der Waals surface area contributed by atoms with Crippen molar-refractivity contribution in [2.45, 2.75) is 84.6 Å². The summed E-state index contributed by atoms with van der Waals surface area (Å²) in [5, 5.41) is 3.61. The van der Waals surface area contributed by atoms with Gasteiger partial charge in [-0.15, -0.1) is 0 Å². The number of fused-ring (bicyclic) bond motifs is 1. The van der Waals surface area contributed by atoms with Crippen LogP contribution in [-0.4, -0.2) is 24.5 Å². The highest BCUT2D eigenvalue weighted by molar-refractivity contribution is 5.96. The fourth-order valence-electron chi connectivity index (χ4n) is 4.47. The zero-order valence-corrected chi connectivity index (χ0v) is 19.7. The molecule has 0 saturated carbocycles. The summed E-state index contributed by atoms with van der Waals surface area (Å²) in [6, 6.07) is 6.43. The van der Waals surface area contributed by atoms with Gasteiger partial charge in [0.2, 0.25) is 5.91 Å². The van der Waals surface area contributed by atoms with E-state index in [4.69, 9.17) is 0 Å². The second kappa shape index (κ2) is 12.0. The molecule has 2 aromatic rings. The largest absolute Gasteiger partial charge is 0.315 e. The first-order valence-corrected chi connectivity index (χ1v) is 12.2. The molecule has 0 atom stereocenters. The Labute approximate surface area is 188 Å². The third-order valence-electron chi connectivity index (χ3n) is 6.58. The van der Waals surface area contributed by atoms with Crippen molar-refractivity contribution in [1.29, 1.82) is 0 Å². The highest BCUT2D eigenvalue weighted by Gasteiger charge is 2.21. The molecule has 4 nitrogen and oxygen atoms in total. The van der Waals surface area contributed by atoms with Crippen molar-refractivity contribution in [2.24, 2.45) is 0 Å². The van der Waals surface area contributed by atoms with Gasteiger partial charge in [0.1, 0.15) is 0 Å². The molecule has 1 N–H and O–H groups in total.